The van der Waals surface area contributed by atoms with Crippen LogP contribution in [0.25, 0.3) is 0 Å². The summed E-state index contributed by atoms with van der Waals surface area (Å²) in [6.45, 7) is -0.0649. The minimum Gasteiger partial charge on any atom is -0.484 e. The second-order valence-electron chi connectivity index (χ2n) is 5.37. The largest absolute Gasteiger partial charge is 0.484 e. The number of nitriles is 1. The molecule has 2 aromatic rings. The summed E-state index contributed by atoms with van der Waals surface area (Å²) in [7, 11) is 1.57. The van der Waals surface area contributed by atoms with Gasteiger partial charge in [-0.2, -0.15) is 18.4 Å². The lowest BCUT2D eigenvalue weighted by Crippen LogP contribution is -2.31. The topological polar surface area (TPSA) is 53.3 Å². The van der Waals surface area contributed by atoms with Gasteiger partial charge >= 0.3 is 6.18 Å². The molecule has 0 N–H and O–H groups in total. The van der Waals surface area contributed by atoms with Gasteiger partial charge in [0.1, 0.15) is 5.75 Å². The van der Waals surface area contributed by atoms with Crippen molar-refractivity contribution in [3.63, 3.8) is 0 Å². The number of rotatable bonds is 5. The van der Waals surface area contributed by atoms with Crippen LogP contribution in [-0.4, -0.2) is 24.5 Å². The SMILES string of the molecule is CN(Cc1ccc(C#N)cc1)C(=O)COc1cccc(C(F)(F)F)c1. The molecule has 2 rings (SSSR count). The van der Waals surface area contributed by atoms with E-state index in [-0.39, 0.29) is 18.3 Å². The molecule has 0 spiro atoms. The molecule has 130 valence electrons. The second-order valence-corrected chi connectivity index (χ2v) is 5.37. The van der Waals surface area contributed by atoms with Gasteiger partial charge in [-0.3, -0.25) is 4.79 Å². The Balaban J connectivity index is 1.92. The molecule has 0 aromatic heterocycles. The van der Waals surface area contributed by atoms with E-state index in [0.29, 0.717) is 12.1 Å². The average Bonchev–Trinajstić information content (AvgIpc) is 2.59. The number of likely N-dealkylation sites (N-methyl/N-ethyl adjacent to an activating group) is 1. The molecule has 0 aliphatic heterocycles. The van der Waals surface area contributed by atoms with Crippen LogP contribution in [0.3, 0.4) is 0 Å². The second kappa shape index (κ2) is 7.71. The van der Waals surface area contributed by atoms with Gasteiger partial charge in [-0.25, -0.2) is 0 Å². The molecule has 4 nitrogen and oxygen atoms in total. The predicted molar refractivity (Wildman–Crippen MR) is 84.6 cm³/mol. The number of amides is 1. The van der Waals surface area contributed by atoms with Gasteiger partial charge < -0.3 is 9.64 Å². The van der Waals surface area contributed by atoms with Crippen LogP contribution >= 0.6 is 0 Å². The minimum atomic E-state index is -4.46. The number of alkyl halides is 3. The fourth-order valence-corrected chi connectivity index (χ4v) is 2.06. The number of hydrogen-bond acceptors (Lipinski definition) is 3. The number of ether oxygens (including phenoxy) is 1. The van der Waals surface area contributed by atoms with Gasteiger partial charge in [0, 0.05) is 13.6 Å². The van der Waals surface area contributed by atoms with Crippen molar-refractivity contribution in [1.82, 2.24) is 4.90 Å². The molecule has 0 saturated carbocycles. The van der Waals surface area contributed by atoms with E-state index in [4.69, 9.17) is 10.00 Å². The van der Waals surface area contributed by atoms with Gasteiger partial charge in [0.05, 0.1) is 17.2 Å². The summed E-state index contributed by atoms with van der Waals surface area (Å²) < 4.78 is 43.1. The number of halogens is 3. The molecule has 7 heteroatoms. The van der Waals surface area contributed by atoms with E-state index < -0.39 is 11.7 Å². The number of carbonyl (C=O) groups is 1. The van der Waals surface area contributed by atoms with E-state index in [1.165, 1.54) is 17.0 Å². The molecule has 0 atom stereocenters. The van der Waals surface area contributed by atoms with Crippen LogP contribution in [-0.2, 0) is 17.5 Å². The van der Waals surface area contributed by atoms with Crippen molar-refractivity contribution in [2.75, 3.05) is 13.7 Å². The standard InChI is InChI=1S/C18H15F3N2O2/c1-23(11-14-7-5-13(10-22)6-8-14)17(24)12-25-16-4-2-3-15(9-16)18(19,20)21/h2-9H,11-12H2,1H3. The van der Waals surface area contributed by atoms with Crippen LogP contribution < -0.4 is 4.74 Å². The Hall–Kier alpha value is -3.01. The van der Waals surface area contributed by atoms with Crippen LogP contribution in [0, 0.1) is 11.3 Å². The van der Waals surface area contributed by atoms with Crippen molar-refractivity contribution in [3.8, 4) is 11.8 Å². The molecular formula is C18H15F3N2O2. The van der Waals surface area contributed by atoms with E-state index in [9.17, 15) is 18.0 Å². The zero-order valence-electron chi connectivity index (χ0n) is 13.4. The third-order valence-electron chi connectivity index (χ3n) is 3.45. The first-order valence-corrected chi connectivity index (χ1v) is 7.32. The van der Waals surface area contributed by atoms with Gasteiger partial charge in [-0.05, 0) is 35.9 Å². The highest BCUT2D eigenvalue weighted by Gasteiger charge is 2.30. The first-order valence-electron chi connectivity index (χ1n) is 7.32. The fraction of sp³-hybridized carbons (Fsp3) is 0.222. The van der Waals surface area contributed by atoms with E-state index in [1.54, 1.807) is 31.3 Å². The van der Waals surface area contributed by atoms with E-state index >= 15 is 0 Å². The highest BCUT2D eigenvalue weighted by atomic mass is 19.4. The Morgan fingerprint density at radius 1 is 1.20 bits per heavy atom. The van der Waals surface area contributed by atoms with Crippen LogP contribution in [0.5, 0.6) is 5.75 Å². The molecule has 0 bridgehead atoms. The fourth-order valence-electron chi connectivity index (χ4n) is 2.06. The Bertz CT molecular complexity index is 780. The van der Waals surface area contributed by atoms with Crippen molar-refractivity contribution in [2.45, 2.75) is 12.7 Å². The molecule has 0 saturated heterocycles. The maximum atomic E-state index is 12.6. The van der Waals surface area contributed by atoms with Crippen molar-refractivity contribution >= 4 is 5.91 Å². The van der Waals surface area contributed by atoms with E-state index in [1.807, 2.05) is 6.07 Å². The van der Waals surface area contributed by atoms with Crippen molar-refractivity contribution in [1.29, 1.82) is 5.26 Å². The first kappa shape index (κ1) is 18.3. The molecule has 0 heterocycles. The molecule has 25 heavy (non-hydrogen) atoms. The first-order chi connectivity index (χ1) is 11.8. The number of benzene rings is 2. The van der Waals surface area contributed by atoms with Crippen LogP contribution in [0.4, 0.5) is 13.2 Å². The van der Waals surface area contributed by atoms with Crippen LogP contribution in [0.15, 0.2) is 48.5 Å². The quantitative estimate of drug-likeness (QED) is 0.829. The lowest BCUT2D eigenvalue weighted by molar-refractivity contribution is -0.137. The lowest BCUT2D eigenvalue weighted by atomic mass is 10.1. The summed E-state index contributed by atoms with van der Waals surface area (Å²) >= 11 is 0. The van der Waals surface area contributed by atoms with Gasteiger partial charge in [-0.1, -0.05) is 18.2 Å². The summed E-state index contributed by atoms with van der Waals surface area (Å²) in [5.41, 5.74) is 0.517. The summed E-state index contributed by atoms with van der Waals surface area (Å²) in [5.74, 6) is -0.392. The molecule has 0 aliphatic rings. The number of hydrogen-bond donors (Lipinski definition) is 0. The Kier molecular flexibility index (Phi) is 5.65. The average molecular weight is 348 g/mol. The van der Waals surface area contributed by atoms with Crippen LogP contribution in [0.1, 0.15) is 16.7 Å². The molecule has 0 unspecified atom stereocenters. The summed E-state index contributed by atoms with van der Waals surface area (Å²) in [4.78, 5) is 13.4. The minimum absolute atomic E-state index is 0.0186. The van der Waals surface area contributed by atoms with Crippen LogP contribution in [0.2, 0.25) is 0 Å². The van der Waals surface area contributed by atoms with Crippen molar-refractivity contribution in [3.05, 3.63) is 65.2 Å². The van der Waals surface area contributed by atoms with E-state index in [0.717, 1.165) is 17.7 Å². The zero-order valence-corrected chi connectivity index (χ0v) is 13.4. The summed E-state index contributed by atoms with van der Waals surface area (Å²) in [6, 6.07) is 13.1. The van der Waals surface area contributed by atoms with Crippen molar-refractivity contribution in [2.24, 2.45) is 0 Å². The smallest absolute Gasteiger partial charge is 0.416 e. The molecular weight excluding hydrogens is 333 g/mol. The summed E-state index contributed by atoms with van der Waals surface area (Å²) in [5, 5.41) is 8.75. The highest BCUT2D eigenvalue weighted by Crippen LogP contribution is 2.31. The number of nitrogens with zero attached hydrogens (tertiary/aromatic N) is 2. The third-order valence-corrected chi connectivity index (χ3v) is 3.45. The maximum Gasteiger partial charge on any atom is 0.416 e. The Labute approximate surface area is 143 Å². The predicted octanol–water partition coefficient (Wildman–Crippen LogP) is 3.61. The molecule has 0 aliphatic carbocycles. The summed E-state index contributed by atoms with van der Waals surface area (Å²) in [6.07, 6.45) is -4.46. The van der Waals surface area contributed by atoms with Gasteiger partial charge in [0.25, 0.3) is 5.91 Å². The molecule has 0 fully saturated rings. The van der Waals surface area contributed by atoms with E-state index in [2.05, 4.69) is 0 Å². The maximum absolute atomic E-state index is 12.6. The number of carbonyl (C=O) groups excluding carboxylic acids is 1. The Morgan fingerprint density at radius 2 is 1.88 bits per heavy atom. The van der Waals surface area contributed by atoms with Gasteiger partial charge in [0.2, 0.25) is 0 Å². The Morgan fingerprint density at radius 3 is 2.48 bits per heavy atom. The molecule has 2 aromatic carbocycles. The lowest BCUT2D eigenvalue weighted by Gasteiger charge is -2.18. The highest BCUT2D eigenvalue weighted by molar-refractivity contribution is 5.77. The zero-order chi connectivity index (χ0) is 18.4. The monoisotopic (exact) mass is 348 g/mol. The van der Waals surface area contributed by atoms with Crippen molar-refractivity contribution < 1.29 is 22.7 Å². The van der Waals surface area contributed by atoms with Gasteiger partial charge in [-0.15, -0.1) is 0 Å². The molecule has 1 amide bonds. The van der Waals surface area contributed by atoms with Gasteiger partial charge in [0.15, 0.2) is 6.61 Å². The third kappa shape index (κ3) is 5.24. The normalized spacial score (nSPS) is 10.8. The molecule has 0 radical (unpaired) electrons.